The number of nitrogens with one attached hydrogen (secondary N) is 1. The van der Waals surface area contributed by atoms with Crippen LogP contribution in [-0.2, 0) is 9.53 Å². The number of ether oxygens (including phenoxy) is 1. The first-order valence-corrected chi connectivity index (χ1v) is 6.52. The number of hydrogen-bond donors (Lipinski definition) is 1. The number of carbonyl (C=O) groups excluding carboxylic acids is 2. The minimum absolute atomic E-state index is 0.256. The monoisotopic (exact) mass is 287 g/mol. The van der Waals surface area contributed by atoms with E-state index in [0.717, 1.165) is 18.5 Å². The maximum absolute atomic E-state index is 11.8. The van der Waals surface area contributed by atoms with Crippen molar-refractivity contribution in [2.45, 2.75) is 18.9 Å². The minimum atomic E-state index is -0.538. The summed E-state index contributed by atoms with van der Waals surface area (Å²) in [4.78, 5) is 23.2. The van der Waals surface area contributed by atoms with Crippen LogP contribution in [0.15, 0.2) is 30.6 Å². The third-order valence-electron chi connectivity index (χ3n) is 2.99. The molecule has 0 atom stereocenters. The van der Waals surface area contributed by atoms with Crippen LogP contribution >= 0.6 is 0 Å². The van der Waals surface area contributed by atoms with Crippen LogP contribution in [0, 0.1) is 0 Å². The van der Waals surface area contributed by atoms with Crippen molar-refractivity contribution in [2.75, 3.05) is 6.61 Å². The molecular formula is C13H13N5O3. The SMILES string of the molecule is O=C(COC(=O)c1ccc(-n2cnnn2)cc1)NC1CC1. The first-order valence-electron chi connectivity index (χ1n) is 6.52. The molecule has 1 aliphatic rings. The van der Waals surface area contributed by atoms with Crippen molar-refractivity contribution in [3.8, 4) is 5.69 Å². The van der Waals surface area contributed by atoms with E-state index in [1.165, 1.54) is 11.0 Å². The van der Waals surface area contributed by atoms with Gasteiger partial charge < -0.3 is 10.1 Å². The van der Waals surface area contributed by atoms with E-state index in [9.17, 15) is 9.59 Å². The topological polar surface area (TPSA) is 99.0 Å². The van der Waals surface area contributed by atoms with E-state index < -0.39 is 5.97 Å². The molecular weight excluding hydrogens is 274 g/mol. The number of nitrogens with zero attached hydrogens (tertiary/aromatic N) is 4. The Morgan fingerprint density at radius 3 is 2.67 bits per heavy atom. The Balaban J connectivity index is 1.55. The smallest absolute Gasteiger partial charge is 0.338 e. The van der Waals surface area contributed by atoms with Crippen molar-refractivity contribution in [3.63, 3.8) is 0 Å². The summed E-state index contributed by atoms with van der Waals surface area (Å²) >= 11 is 0. The molecule has 108 valence electrons. The molecule has 21 heavy (non-hydrogen) atoms. The maximum atomic E-state index is 11.8. The van der Waals surface area contributed by atoms with Crippen LogP contribution in [0.25, 0.3) is 5.69 Å². The first-order chi connectivity index (χ1) is 10.2. The molecule has 0 spiro atoms. The summed E-state index contributed by atoms with van der Waals surface area (Å²) in [6.07, 6.45) is 3.45. The average Bonchev–Trinajstić information content (AvgIpc) is 3.15. The van der Waals surface area contributed by atoms with E-state index in [0.29, 0.717) is 5.56 Å². The molecule has 1 saturated carbocycles. The number of tetrazole rings is 1. The zero-order valence-corrected chi connectivity index (χ0v) is 11.1. The van der Waals surface area contributed by atoms with Gasteiger partial charge >= 0.3 is 5.97 Å². The van der Waals surface area contributed by atoms with Crippen LogP contribution in [0.1, 0.15) is 23.2 Å². The van der Waals surface area contributed by atoms with Crippen molar-refractivity contribution >= 4 is 11.9 Å². The van der Waals surface area contributed by atoms with Crippen molar-refractivity contribution < 1.29 is 14.3 Å². The molecule has 1 heterocycles. The molecule has 1 aromatic heterocycles. The quantitative estimate of drug-likeness (QED) is 0.783. The van der Waals surface area contributed by atoms with Gasteiger partial charge in [-0.05, 0) is 47.5 Å². The summed E-state index contributed by atoms with van der Waals surface area (Å²) in [6.45, 7) is -0.260. The lowest BCUT2D eigenvalue weighted by molar-refractivity contribution is -0.124. The minimum Gasteiger partial charge on any atom is -0.452 e. The van der Waals surface area contributed by atoms with Gasteiger partial charge in [0.05, 0.1) is 11.3 Å². The standard InChI is InChI=1S/C13H13N5O3/c19-12(15-10-3-4-10)7-21-13(20)9-1-5-11(6-2-9)18-8-14-16-17-18/h1-2,5-6,8,10H,3-4,7H2,(H,15,19). The van der Waals surface area contributed by atoms with Crippen molar-refractivity contribution in [3.05, 3.63) is 36.2 Å². The Hall–Kier alpha value is -2.77. The lowest BCUT2D eigenvalue weighted by Crippen LogP contribution is -2.30. The number of hydrogen-bond acceptors (Lipinski definition) is 6. The Morgan fingerprint density at radius 1 is 1.29 bits per heavy atom. The summed E-state index contributed by atoms with van der Waals surface area (Å²) in [6, 6.07) is 6.83. The van der Waals surface area contributed by atoms with Crippen molar-refractivity contribution in [2.24, 2.45) is 0 Å². The van der Waals surface area contributed by atoms with Gasteiger partial charge in [0.2, 0.25) is 0 Å². The molecule has 0 radical (unpaired) electrons. The molecule has 1 aromatic carbocycles. The third-order valence-corrected chi connectivity index (χ3v) is 2.99. The van der Waals surface area contributed by atoms with Gasteiger partial charge in [-0.2, -0.15) is 0 Å². The zero-order chi connectivity index (χ0) is 14.7. The molecule has 0 saturated heterocycles. The van der Waals surface area contributed by atoms with Gasteiger partial charge in [-0.1, -0.05) is 0 Å². The van der Waals surface area contributed by atoms with E-state index in [1.807, 2.05) is 0 Å². The summed E-state index contributed by atoms with van der Waals surface area (Å²) < 4.78 is 6.42. The van der Waals surface area contributed by atoms with E-state index in [2.05, 4.69) is 20.8 Å². The Labute approximate surface area is 120 Å². The van der Waals surface area contributed by atoms with Gasteiger partial charge in [0.1, 0.15) is 6.33 Å². The second kappa shape index (κ2) is 5.70. The largest absolute Gasteiger partial charge is 0.452 e. The summed E-state index contributed by atoms with van der Waals surface area (Å²) in [5.41, 5.74) is 1.09. The highest BCUT2D eigenvalue weighted by atomic mass is 16.5. The average molecular weight is 287 g/mol. The predicted octanol–water partition coefficient (Wildman–Crippen LogP) is 0.0977. The molecule has 0 aliphatic heterocycles. The van der Waals surface area contributed by atoms with Crippen molar-refractivity contribution in [1.82, 2.24) is 25.5 Å². The molecule has 8 nitrogen and oxygen atoms in total. The highest BCUT2D eigenvalue weighted by molar-refractivity contribution is 5.91. The lowest BCUT2D eigenvalue weighted by atomic mass is 10.2. The molecule has 1 aliphatic carbocycles. The number of carbonyl (C=O) groups is 2. The Kier molecular flexibility index (Phi) is 3.59. The molecule has 8 heteroatoms. The summed E-state index contributed by atoms with van der Waals surface area (Å²) in [5.74, 6) is -0.805. The van der Waals surface area contributed by atoms with Crippen LogP contribution in [0.5, 0.6) is 0 Å². The normalized spacial score (nSPS) is 13.7. The molecule has 0 bridgehead atoms. The van der Waals surface area contributed by atoms with Crippen LogP contribution in [0.2, 0.25) is 0 Å². The molecule has 2 aromatic rings. The molecule has 1 fully saturated rings. The van der Waals surface area contributed by atoms with Gasteiger partial charge in [-0.25, -0.2) is 9.48 Å². The lowest BCUT2D eigenvalue weighted by Gasteiger charge is -2.06. The molecule has 1 N–H and O–H groups in total. The van der Waals surface area contributed by atoms with E-state index >= 15 is 0 Å². The first kappa shape index (κ1) is 13.2. The number of benzene rings is 1. The zero-order valence-electron chi connectivity index (χ0n) is 11.1. The van der Waals surface area contributed by atoms with Crippen LogP contribution in [-0.4, -0.2) is 44.7 Å². The number of rotatable bonds is 5. The molecule has 0 unspecified atom stereocenters. The number of esters is 1. The molecule has 1 amide bonds. The fourth-order valence-corrected chi connectivity index (χ4v) is 1.74. The van der Waals surface area contributed by atoms with Gasteiger partial charge in [0.25, 0.3) is 5.91 Å². The van der Waals surface area contributed by atoms with E-state index in [1.54, 1.807) is 24.3 Å². The Morgan fingerprint density at radius 2 is 2.05 bits per heavy atom. The van der Waals surface area contributed by atoms with Gasteiger partial charge in [0, 0.05) is 6.04 Å². The summed E-state index contributed by atoms with van der Waals surface area (Å²) in [7, 11) is 0. The highest BCUT2D eigenvalue weighted by Gasteiger charge is 2.23. The van der Waals surface area contributed by atoms with Crippen LogP contribution < -0.4 is 5.32 Å². The highest BCUT2D eigenvalue weighted by Crippen LogP contribution is 2.18. The predicted molar refractivity (Wildman–Crippen MR) is 70.6 cm³/mol. The second-order valence-corrected chi connectivity index (χ2v) is 4.72. The molecule has 3 rings (SSSR count). The third kappa shape index (κ3) is 3.41. The fraction of sp³-hybridized carbons (Fsp3) is 0.308. The van der Waals surface area contributed by atoms with Gasteiger partial charge in [-0.3, -0.25) is 4.79 Å². The second-order valence-electron chi connectivity index (χ2n) is 4.72. The van der Waals surface area contributed by atoms with E-state index in [-0.39, 0.29) is 18.6 Å². The van der Waals surface area contributed by atoms with Gasteiger partial charge in [0.15, 0.2) is 6.61 Å². The van der Waals surface area contributed by atoms with Crippen LogP contribution in [0.4, 0.5) is 0 Å². The van der Waals surface area contributed by atoms with Gasteiger partial charge in [-0.15, -0.1) is 5.10 Å². The van der Waals surface area contributed by atoms with Crippen molar-refractivity contribution in [1.29, 1.82) is 0 Å². The fourth-order valence-electron chi connectivity index (χ4n) is 1.74. The number of amides is 1. The number of aromatic nitrogens is 4. The summed E-state index contributed by atoms with van der Waals surface area (Å²) in [5, 5.41) is 13.5. The van der Waals surface area contributed by atoms with E-state index in [4.69, 9.17) is 4.74 Å². The van der Waals surface area contributed by atoms with Crippen LogP contribution in [0.3, 0.4) is 0 Å². The maximum Gasteiger partial charge on any atom is 0.338 e. The Bertz CT molecular complexity index is 634.